The number of nitrogens with zero attached hydrogens (tertiary/aromatic N) is 1. The molecule has 10 aromatic rings. The third kappa shape index (κ3) is 5.34. The quantitative estimate of drug-likeness (QED) is 0.183. The van der Waals surface area contributed by atoms with Crippen LogP contribution in [0.5, 0.6) is 0 Å². The van der Waals surface area contributed by atoms with Crippen molar-refractivity contribution in [3.8, 4) is 16.8 Å². The first-order chi connectivity index (χ1) is 28.2. The smallest absolute Gasteiger partial charge is 0.105 e. The molecule has 12 rings (SSSR count). The molecular weight excluding hydrogens is 731 g/mol. The zero-order chi connectivity index (χ0) is 37.5. The summed E-state index contributed by atoms with van der Waals surface area (Å²) in [5.74, 6) is 0. The molecule has 0 amide bonds. The van der Waals surface area contributed by atoms with E-state index < -0.39 is 0 Å². The molecule has 272 valence electrons. The Labute approximate surface area is 338 Å². The molecule has 1 aliphatic heterocycles. The Morgan fingerprint density at radius 2 is 1.25 bits per heavy atom. The molecule has 0 bridgehead atoms. The van der Waals surface area contributed by atoms with Crippen LogP contribution in [0.1, 0.15) is 30.1 Å². The second-order valence-corrected chi connectivity index (χ2v) is 17.4. The number of hydrogen-bond acceptors (Lipinski definition) is 4. The van der Waals surface area contributed by atoms with Crippen LogP contribution >= 0.6 is 22.7 Å². The fraction of sp³-hybridized carbons (Fsp3) is 0.0769. The fourth-order valence-corrected chi connectivity index (χ4v) is 11.6. The number of para-hydroxylation sites is 2. The topological polar surface area (TPSA) is 29.0 Å². The molecule has 2 aliphatic rings. The average molecular weight is 768 g/mol. The van der Waals surface area contributed by atoms with Crippen LogP contribution in [0.25, 0.3) is 84.7 Å². The Morgan fingerprint density at radius 1 is 0.526 bits per heavy atom. The van der Waals surface area contributed by atoms with Crippen LogP contribution in [0.15, 0.2) is 182 Å². The number of nitrogens with one attached hydrogen (secondary N) is 2. The van der Waals surface area contributed by atoms with Gasteiger partial charge >= 0.3 is 0 Å². The molecule has 0 fully saturated rings. The van der Waals surface area contributed by atoms with Gasteiger partial charge in [-0.1, -0.05) is 121 Å². The lowest BCUT2D eigenvalue weighted by molar-refractivity contribution is 0.465. The Hall–Kier alpha value is -6.24. The number of fused-ring (bicyclic) bond motifs is 9. The van der Waals surface area contributed by atoms with Crippen LogP contribution in [0.3, 0.4) is 0 Å². The lowest BCUT2D eigenvalue weighted by atomic mass is 9.94. The average Bonchev–Trinajstić information content (AvgIpc) is 3.96. The molecule has 2 atom stereocenters. The maximum Gasteiger partial charge on any atom is 0.105 e. The van der Waals surface area contributed by atoms with E-state index in [-0.39, 0.29) is 12.2 Å². The van der Waals surface area contributed by atoms with E-state index in [1.807, 2.05) is 22.7 Å². The first-order valence-electron chi connectivity index (χ1n) is 19.8. The monoisotopic (exact) mass is 767 g/mol. The van der Waals surface area contributed by atoms with E-state index in [0.29, 0.717) is 0 Å². The van der Waals surface area contributed by atoms with Crippen molar-refractivity contribution in [2.75, 3.05) is 0 Å². The predicted molar refractivity (Wildman–Crippen MR) is 246 cm³/mol. The van der Waals surface area contributed by atoms with Gasteiger partial charge in [0.15, 0.2) is 0 Å². The zero-order valence-electron chi connectivity index (χ0n) is 31.1. The van der Waals surface area contributed by atoms with Crippen molar-refractivity contribution in [1.82, 2.24) is 15.2 Å². The molecule has 0 saturated carbocycles. The summed E-state index contributed by atoms with van der Waals surface area (Å²) in [6, 6.07) is 56.1. The third-order valence-corrected chi connectivity index (χ3v) is 14.2. The summed E-state index contributed by atoms with van der Waals surface area (Å²) in [4.78, 5) is 0. The normalized spacial score (nSPS) is 17.2. The molecule has 57 heavy (non-hydrogen) atoms. The van der Waals surface area contributed by atoms with Gasteiger partial charge in [0.2, 0.25) is 0 Å². The largest absolute Gasteiger partial charge is 0.366 e. The molecule has 1 aliphatic carbocycles. The van der Waals surface area contributed by atoms with Crippen molar-refractivity contribution in [3.05, 3.63) is 193 Å². The Balaban J connectivity index is 0.973. The SMILES string of the molecule is C1=CC([C@@H]2C=C(c3ccccc3)NC(c3cccc4sc5ccc(-c6ccc7c(c6)sc6cccc(-n8c9ccccc9c9ccccc98)c67)cc5c34)N2)=CCC1. The first-order valence-corrected chi connectivity index (χ1v) is 21.4. The lowest BCUT2D eigenvalue weighted by Crippen LogP contribution is -2.44. The van der Waals surface area contributed by atoms with Gasteiger partial charge in [0, 0.05) is 56.8 Å². The first kappa shape index (κ1) is 33.0. The van der Waals surface area contributed by atoms with Gasteiger partial charge in [-0.15, -0.1) is 22.7 Å². The highest BCUT2D eigenvalue weighted by atomic mass is 32.1. The van der Waals surface area contributed by atoms with E-state index in [9.17, 15) is 0 Å². The van der Waals surface area contributed by atoms with Crippen LogP contribution < -0.4 is 10.6 Å². The Kier molecular flexibility index (Phi) is 7.62. The highest BCUT2D eigenvalue weighted by molar-refractivity contribution is 7.26. The molecule has 3 nitrogen and oxygen atoms in total. The van der Waals surface area contributed by atoms with Gasteiger partial charge in [-0.05, 0) is 95.3 Å². The van der Waals surface area contributed by atoms with E-state index in [1.54, 1.807) is 0 Å². The molecule has 5 heteroatoms. The Bertz CT molecular complexity index is 3270. The van der Waals surface area contributed by atoms with Gasteiger partial charge in [-0.2, -0.15) is 0 Å². The lowest BCUT2D eigenvalue weighted by Gasteiger charge is -2.34. The van der Waals surface area contributed by atoms with E-state index in [4.69, 9.17) is 0 Å². The van der Waals surface area contributed by atoms with Gasteiger partial charge in [0.1, 0.15) is 6.17 Å². The third-order valence-electron chi connectivity index (χ3n) is 11.9. The van der Waals surface area contributed by atoms with Gasteiger partial charge in [-0.3, -0.25) is 5.32 Å². The molecule has 4 heterocycles. The van der Waals surface area contributed by atoms with E-state index in [1.165, 1.54) is 101 Å². The molecule has 0 radical (unpaired) electrons. The summed E-state index contributed by atoms with van der Waals surface area (Å²) < 4.78 is 7.69. The second-order valence-electron chi connectivity index (χ2n) is 15.2. The maximum atomic E-state index is 4.00. The van der Waals surface area contributed by atoms with Crippen LogP contribution in [0.2, 0.25) is 0 Å². The van der Waals surface area contributed by atoms with Crippen molar-refractivity contribution < 1.29 is 0 Å². The maximum absolute atomic E-state index is 4.00. The molecular formula is C52H37N3S2. The number of thiophene rings is 2. The number of aromatic nitrogens is 1. The molecule has 7 aromatic carbocycles. The van der Waals surface area contributed by atoms with E-state index >= 15 is 0 Å². The van der Waals surface area contributed by atoms with Crippen molar-refractivity contribution in [1.29, 1.82) is 0 Å². The number of benzene rings is 7. The molecule has 0 saturated heterocycles. The standard InChI is InChI=1S/C52H37N3S2/c1-3-13-32(14-4-1)41-31-42(33-15-5-2-6-16-33)54-52(53-41)39-19-11-23-47-50(39)40-29-34(26-28-46(40)56-47)35-25-27-38-49(30-35)57-48-24-12-22-45(51(38)48)55-43-20-9-7-17-36(43)37-18-8-10-21-44(37)55/h1,3-5,7-31,42,52-54H,2,6H2/t42-,52?/m0/s1. The minimum atomic E-state index is -0.0600. The van der Waals surface area contributed by atoms with Gasteiger partial charge < -0.3 is 9.88 Å². The summed E-state index contributed by atoms with van der Waals surface area (Å²) in [5.41, 5.74) is 11.2. The van der Waals surface area contributed by atoms with Gasteiger partial charge in [0.05, 0.1) is 22.8 Å². The van der Waals surface area contributed by atoms with E-state index in [0.717, 1.165) is 12.8 Å². The van der Waals surface area contributed by atoms with Gasteiger partial charge in [-0.25, -0.2) is 0 Å². The minimum absolute atomic E-state index is 0.0600. The minimum Gasteiger partial charge on any atom is -0.366 e. The molecule has 2 N–H and O–H groups in total. The van der Waals surface area contributed by atoms with Crippen molar-refractivity contribution >= 4 is 90.5 Å². The van der Waals surface area contributed by atoms with Crippen molar-refractivity contribution in [2.45, 2.75) is 25.0 Å². The summed E-state index contributed by atoms with van der Waals surface area (Å²) in [6.07, 6.45) is 11.5. The summed E-state index contributed by atoms with van der Waals surface area (Å²) in [5, 5.41) is 15.7. The van der Waals surface area contributed by atoms with Crippen LogP contribution in [0.4, 0.5) is 0 Å². The van der Waals surface area contributed by atoms with Gasteiger partial charge in [0.25, 0.3) is 0 Å². The molecule has 1 unspecified atom stereocenters. The van der Waals surface area contributed by atoms with Crippen molar-refractivity contribution in [2.24, 2.45) is 0 Å². The van der Waals surface area contributed by atoms with Crippen LogP contribution in [0, 0.1) is 0 Å². The van der Waals surface area contributed by atoms with Crippen molar-refractivity contribution in [3.63, 3.8) is 0 Å². The Morgan fingerprint density at radius 3 is 2.05 bits per heavy atom. The number of allylic oxidation sites excluding steroid dienone is 2. The fourth-order valence-electron chi connectivity index (χ4n) is 9.29. The second kappa shape index (κ2) is 13.2. The molecule has 3 aromatic heterocycles. The zero-order valence-corrected chi connectivity index (χ0v) is 32.7. The van der Waals surface area contributed by atoms with Crippen LogP contribution in [-0.4, -0.2) is 10.6 Å². The molecule has 0 spiro atoms. The van der Waals surface area contributed by atoms with E-state index in [2.05, 4.69) is 191 Å². The highest BCUT2D eigenvalue weighted by Crippen LogP contribution is 2.44. The predicted octanol–water partition coefficient (Wildman–Crippen LogP) is 14.1. The summed E-state index contributed by atoms with van der Waals surface area (Å²) >= 11 is 3.77. The van der Waals surface area contributed by atoms with Crippen LogP contribution in [-0.2, 0) is 0 Å². The number of rotatable bonds is 5. The summed E-state index contributed by atoms with van der Waals surface area (Å²) in [6.45, 7) is 0. The summed E-state index contributed by atoms with van der Waals surface area (Å²) in [7, 11) is 0. The highest BCUT2D eigenvalue weighted by Gasteiger charge is 2.27. The number of hydrogen-bond donors (Lipinski definition) is 2.